The smallest absolute Gasteiger partial charge is 0.366 e. The normalized spacial score (nSPS) is 8.82. The fourth-order valence-electron chi connectivity index (χ4n) is 0.471. The van der Waals surface area contributed by atoms with Gasteiger partial charge in [-0.2, -0.15) is 4.39 Å². The predicted octanol–water partition coefficient (Wildman–Crippen LogP) is 1.98. The van der Waals surface area contributed by atoms with Gasteiger partial charge in [0.25, 0.3) is 0 Å². The second-order valence-electron chi connectivity index (χ2n) is 1.97. The van der Waals surface area contributed by atoms with Crippen LogP contribution in [0.4, 0.5) is 4.39 Å². The Morgan fingerprint density at radius 1 is 1.64 bits per heavy atom. The van der Waals surface area contributed by atoms with Crippen molar-refractivity contribution in [3.05, 3.63) is 25.1 Å². The summed E-state index contributed by atoms with van der Waals surface area (Å²) < 4.78 is 16.4. The number of rotatable bonds is 5. The molecule has 2 nitrogen and oxygen atoms in total. The van der Waals surface area contributed by atoms with E-state index in [2.05, 4.69) is 17.9 Å². The second kappa shape index (κ2) is 5.65. The molecule has 0 aliphatic heterocycles. The molecule has 0 bridgehead atoms. The fourth-order valence-corrected chi connectivity index (χ4v) is 0.471. The second-order valence-corrected chi connectivity index (χ2v) is 1.97. The summed E-state index contributed by atoms with van der Waals surface area (Å²) in [6.45, 7) is 6.49. The zero-order valence-electron chi connectivity index (χ0n) is 6.31. The van der Waals surface area contributed by atoms with Gasteiger partial charge in [0.15, 0.2) is 0 Å². The van der Waals surface area contributed by atoms with Gasteiger partial charge in [0.1, 0.15) is 0 Å². The van der Waals surface area contributed by atoms with Crippen molar-refractivity contribution < 1.29 is 13.9 Å². The van der Waals surface area contributed by atoms with Crippen LogP contribution in [-0.4, -0.2) is 12.6 Å². The molecule has 0 amide bonds. The van der Waals surface area contributed by atoms with E-state index < -0.39 is 11.8 Å². The molecule has 0 saturated carbocycles. The van der Waals surface area contributed by atoms with Gasteiger partial charge in [-0.1, -0.05) is 12.7 Å². The molecule has 0 atom stereocenters. The first-order valence-electron chi connectivity index (χ1n) is 3.31. The van der Waals surface area contributed by atoms with Crippen molar-refractivity contribution >= 4 is 5.97 Å². The molecule has 0 saturated heterocycles. The minimum atomic E-state index is -1.05. The van der Waals surface area contributed by atoms with E-state index in [1.165, 1.54) is 0 Å². The minimum Gasteiger partial charge on any atom is -0.460 e. The van der Waals surface area contributed by atoms with Crippen LogP contribution >= 0.6 is 0 Å². The molecule has 0 spiro atoms. The Hall–Kier alpha value is -1.12. The Morgan fingerprint density at radius 3 is 2.73 bits per heavy atom. The van der Waals surface area contributed by atoms with Crippen LogP contribution < -0.4 is 0 Å². The first-order valence-corrected chi connectivity index (χ1v) is 3.31. The number of hydrogen-bond acceptors (Lipinski definition) is 2. The van der Waals surface area contributed by atoms with Crippen LogP contribution in [0.15, 0.2) is 25.1 Å². The van der Waals surface area contributed by atoms with Crippen LogP contribution in [0, 0.1) is 0 Å². The predicted molar refractivity (Wildman–Crippen MR) is 40.6 cm³/mol. The molecule has 0 heterocycles. The summed E-state index contributed by atoms with van der Waals surface area (Å²) in [5.74, 6) is -2.03. The quantitative estimate of drug-likeness (QED) is 0.264. The highest BCUT2D eigenvalue weighted by Gasteiger charge is 2.05. The standard InChI is InChI=1S/C8H11FO2/c1-3-4-5-6-11-8(10)7(2)9/h3H,1-2,4-6H2. The van der Waals surface area contributed by atoms with Gasteiger partial charge >= 0.3 is 5.97 Å². The van der Waals surface area contributed by atoms with Crippen molar-refractivity contribution in [3.8, 4) is 0 Å². The summed E-state index contributed by atoms with van der Waals surface area (Å²) >= 11 is 0. The van der Waals surface area contributed by atoms with Crippen molar-refractivity contribution in [3.63, 3.8) is 0 Å². The van der Waals surface area contributed by atoms with Gasteiger partial charge in [-0.3, -0.25) is 0 Å². The molecular formula is C8H11FO2. The van der Waals surface area contributed by atoms with Gasteiger partial charge in [0, 0.05) is 0 Å². The number of halogens is 1. The monoisotopic (exact) mass is 158 g/mol. The summed E-state index contributed by atoms with van der Waals surface area (Å²) in [5.41, 5.74) is 0. The third kappa shape index (κ3) is 5.33. The van der Waals surface area contributed by atoms with Gasteiger partial charge in [0.2, 0.25) is 5.83 Å². The zero-order valence-corrected chi connectivity index (χ0v) is 6.31. The maximum Gasteiger partial charge on any atom is 0.366 e. The van der Waals surface area contributed by atoms with Gasteiger partial charge in [-0.15, -0.1) is 6.58 Å². The van der Waals surface area contributed by atoms with E-state index in [9.17, 15) is 9.18 Å². The van der Waals surface area contributed by atoms with Gasteiger partial charge in [0.05, 0.1) is 6.61 Å². The number of esters is 1. The summed E-state index contributed by atoms with van der Waals surface area (Å²) in [6, 6.07) is 0. The Morgan fingerprint density at radius 2 is 2.27 bits per heavy atom. The van der Waals surface area contributed by atoms with E-state index in [0.717, 1.165) is 6.42 Å². The number of allylic oxidation sites excluding steroid dienone is 1. The van der Waals surface area contributed by atoms with Crippen LogP contribution in [0.3, 0.4) is 0 Å². The van der Waals surface area contributed by atoms with Crippen molar-refractivity contribution in [1.29, 1.82) is 0 Å². The van der Waals surface area contributed by atoms with Crippen LogP contribution in [0.25, 0.3) is 0 Å². The summed E-state index contributed by atoms with van der Waals surface area (Å²) in [7, 11) is 0. The minimum absolute atomic E-state index is 0.216. The lowest BCUT2D eigenvalue weighted by Gasteiger charge is -1.99. The zero-order chi connectivity index (χ0) is 8.69. The number of ether oxygens (including phenoxy) is 1. The molecule has 0 rings (SSSR count). The Labute approximate surface area is 65.4 Å². The lowest BCUT2D eigenvalue weighted by atomic mass is 10.3. The molecule has 62 valence electrons. The van der Waals surface area contributed by atoms with Crippen molar-refractivity contribution in [2.45, 2.75) is 12.8 Å². The molecule has 0 fully saturated rings. The Bertz CT molecular complexity index is 163. The van der Waals surface area contributed by atoms with Crippen molar-refractivity contribution in [2.24, 2.45) is 0 Å². The number of unbranched alkanes of at least 4 members (excludes halogenated alkanes) is 1. The molecular weight excluding hydrogens is 147 g/mol. The molecule has 0 aromatic heterocycles. The highest BCUT2D eigenvalue weighted by Crippen LogP contribution is 1.97. The van der Waals surface area contributed by atoms with Gasteiger partial charge in [-0.25, -0.2) is 4.79 Å². The Balaban J connectivity index is 3.31. The lowest BCUT2D eigenvalue weighted by Crippen LogP contribution is -2.04. The van der Waals surface area contributed by atoms with Crippen molar-refractivity contribution in [2.75, 3.05) is 6.61 Å². The first-order chi connectivity index (χ1) is 5.18. The molecule has 0 N–H and O–H groups in total. The van der Waals surface area contributed by atoms with E-state index in [0.29, 0.717) is 6.42 Å². The summed E-state index contributed by atoms with van der Waals surface area (Å²) in [6.07, 6.45) is 3.13. The average Bonchev–Trinajstić information content (AvgIpc) is 1.97. The average molecular weight is 158 g/mol. The molecule has 0 aromatic rings. The van der Waals surface area contributed by atoms with Crippen LogP contribution in [0.2, 0.25) is 0 Å². The van der Waals surface area contributed by atoms with E-state index in [-0.39, 0.29) is 6.61 Å². The van der Waals surface area contributed by atoms with Gasteiger partial charge < -0.3 is 4.74 Å². The molecule has 0 aromatic carbocycles. The summed E-state index contributed by atoms with van der Waals surface area (Å²) in [4.78, 5) is 10.4. The maximum atomic E-state index is 11.9. The van der Waals surface area contributed by atoms with Gasteiger partial charge in [-0.05, 0) is 12.8 Å². The largest absolute Gasteiger partial charge is 0.460 e. The van der Waals surface area contributed by atoms with Crippen LogP contribution in [-0.2, 0) is 9.53 Å². The highest BCUT2D eigenvalue weighted by atomic mass is 19.1. The van der Waals surface area contributed by atoms with Crippen LogP contribution in [0.1, 0.15) is 12.8 Å². The van der Waals surface area contributed by atoms with E-state index >= 15 is 0 Å². The topological polar surface area (TPSA) is 26.3 Å². The number of carbonyl (C=O) groups is 1. The van der Waals surface area contributed by atoms with Crippen LogP contribution in [0.5, 0.6) is 0 Å². The Kier molecular flexibility index (Phi) is 5.07. The molecule has 0 unspecified atom stereocenters. The molecule has 0 radical (unpaired) electrons. The van der Waals surface area contributed by atoms with E-state index in [4.69, 9.17) is 0 Å². The summed E-state index contributed by atoms with van der Waals surface area (Å²) in [5, 5.41) is 0. The van der Waals surface area contributed by atoms with E-state index in [1.807, 2.05) is 0 Å². The molecule has 3 heteroatoms. The third-order valence-corrected chi connectivity index (χ3v) is 1.01. The number of carbonyl (C=O) groups excluding carboxylic acids is 1. The molecule has 0 aliphatic rings. The third-order valence-electron chi connectivity index (χ3n) is 1.01. The molecule has 0 aliphatic carbocycles. The SMILES string of the molecule is C=CCCCOC(=O)C(=C)F. The first kappa shape index (κ1) is 9.88. The highest BCUT2D eigenvalue weighted by molar-refractivity contribution is 5.85. The maximum absolute atomic E-state index is 11.9. The number of hydrogen-bond donors (Lipinski definition) is 0. The fraction of sp³-hybridized carbons (Fsp3) is 0.375. The van der Waals surface area contributed by atoms with E-state index in [1.54, 1.807) is 6.08 Å². The van der Waals surface area contributed by atoms with Crippen molar-refractivity contribution in [1.82, 2.24) is 0 Å². The lowest BCUT2D eigenvalue weighted by molar-refractivity contribution is -0.140. The molecule has 11 heavy (non-hydrogen) atoms.